The normalized spacial score (nSPS) is 16.6. The van der Waals surface area contributed by atoms with Gasteiger partial charge in [-0.1, -0.05) is 30.5 Å². The second kappa shape index (κ2) is 7.43. The Hall–Kier alpha value is -1.59. The summed E-state index contributed by atoms with van der Waals surface area (Å²) in [5.41, 5.74) is 0.567. The van der Waals surface area contributed by atoms with Gasteiger partial charge in [-0.05, 0) is 31.0 Å². The standard InChI is InChI=1S/C15H19ClN2O3/c16-10-4-3-7-12(8-10)18-14(19)9-13(15(20)21)17-11-5-1-2-6-11/h3-4,7-8,11,13,17H,1-2,5-6,9H2,(H,18,19)(H,20,21)/t13-/m1/s1. The van der Waals surface area contributed by atoms with Crippen LogP contribution in [0.5, 0.6) is 0 Å². The lowest BCUT2D eigenvalue weighted by Crippen LogP contribution is -2.44. The second-order valence-corrected chi connectivity index (χ2v) is 5.74. The number of amides is 1. The first-order valence-corrected chi connectivity index (χ1v) is 7.46. The number of halogens is 1. The van der Waals surface area contributed by atoms with Gasteiger partial charge >= 0.3 is 5.97 Å². The van der Waals surface area contributed by atoms with Crippen LogP contribution in [0.4, 0.5) is 5.69 Å². The molecule has 5 nitrogen and oxygen atoms in total. The summed E-state index contributed by atoms with van der Waals surface area (Å²) in [5.74, 6) is -1.33. The zero-order valence-corrected chi connectivity index (χ0v) is 12.4. The van der Waals surface area contributed by atoms with Crippen LogP contribution in [-0.4, -0.2) is 29.1 Å². The Morgan fingerprint density at radius 2 is 2.05 bits per heavy atom. The van der Waals surface area contributed by atoms with Crippen LogP contribution < -0.4 is 10.6 Å². The van der Waals surface area contributed by atoms with E-state index in [1.54, 1.807) is 24.3 Å². The van der Waals surface area contributed by atoms with Gasteiger partial charge < -0.3 is 15.7 Å². The average Bonchev–Trinajstić information content (AvgIpc) is 2.90. The smallest absolute Gasteiger partial charge is 0.321 e. The topological polar surface area (TPSA) is 78.4 Å². The first-order valence-electron chi connectivity index (χ1n) is 7.09. The first-order chi connectivity index (χ1) is 10.0. The molecule has 0 aliphatic heterocycles. The van der Waals surface area contributed by atoms with Gasteiger partial charge in [-0.3, -0.25) is 9.59 Å². The maximum Gasteiger partial charge on any atom is 0.321 e. The monoisotopic (exact) mass is 310 g/mol. The fraction of sp³-hybridized carbons (Fsp3) is 0.467. The summed E-state index contributed by atoms with van der Waals surface area (Å²) in [6.45, 7) is 0. The Kier molecular flexibility index (Phi) is 5.59. The van der Waals surface area contributed by atoms with Crippen molar-refractivity contribution in [2.75, 3.05) is 5.32 Å². The van der Waals surface area contributed by atoms with Gasteiger partial charge in [-0.2, -0.15) is 0 Å². The zero-order valence-electron chi connectivity index (χ0n) is 11.6. The van der Waals surface area contributed by atoms with E-state index in [2.05, 4.69) is 10.6 Å². The van der Waals surface area contributed by atoms with Crippen molar-refractivity contribution in [1.29, 1.82) is 0 Å². The average molecular weight is 311 g/mol. The molecule has 0 unspecified atom stereocenters. The van der Waals surface area contributed by atoms with Crippen LogP contribution in [0.3, 0.4) is 0 Å². The third kappa shape index (κ3) is 5.02. The minimum absolute atomic E-state index is 0.0989. The summed E-state index contributed by atoms with van der Waals surface area (Å²) >= 11 is 5.84. The molecule has 114 valence electrons. The third-order valence-corrected chi connectivity index (χ3v) is 3.82. The van der Waals surface area contributed by atoms with E-state index >= 15 is 0 Å². The lowest BCUT2D eigenvalue weighted by molar-refractivity contribution is -0.141. The number of hydrogen-bond donors (Lipinski definition) is 3. The Morgan fingerprint density at radius 3 is 2.67 bits per heavy atom. The minimum Gasteiger partial charge on any atom is -0.480 e. The number of carbonyl (C=O) groups is 2. The molecule has 2 rings (SSSR count). The van der Waals surface area contributed by atoms with E-state index in [0.717, 1.165) is 25.7 Å². The molecule has 21 heavy (non-hydrogen) atoms. The second-order valence-electron chi connectivity index (χ2n) is 5.30. The van der Waals surface area contributed by atoms with E-state index in [-0.39, 0.29) is 18.4 Å². The van der Waals surface area contributed by atoms with Crippen LogP contribution in [0.1, 0.15) is 32.1 Å². The quantitative estimate of drug-likeness (QED) is 0.755. The number of rotatable bonds is 6. The summed E-state index contributed by atoms with van der Waals surface area (Å²) < 4.78 is 0. The highest BCUT2D eigenvalue weighted by Gasteiger charge is 2.26. The summed E-state index contributed by atoms with van der Waals surface area (Å²) in [7, 11) is 0. The number of nitrogens with one attached hydrogen (secondary N) is 2. The number of carboxylic acids is 1. The van der Waals surface area contributed by atoms with E-state index in [0.29, 0.717) is 10.7 Å². The molecule has 0 bridgehead atoms. The Balaban J connectivity index is 1.90. The number of aliphatic carboxylic acids is 1. The first kappa shape index (κ1) is 15.8. The number of carbonyl (C=O) groups excluding carboxylic acids is 1. The van der Waals surface area contributed by atoms with Gasteiger partial charge in [0.1, 0.15) is 6.04 Å². The molecule has 0 saturated heterocycles. The lowest BCUT2D eigenvalue weighted by Gasteiger charge is -2.19. The van der Waals surface area contributed by atoms with E-state index in [9.17, 15) is 14.7 Å². The molecule has 1 aliphatic carbocycles. The maximum absolute atomic E-state index is 12.0. The maximum atomic E-state index is 12.0. The molecular weight excluding hydrogens is 292 g/mol. The number of benzene rings is 1. The SMILES string of the molecule is O=C(C[C@@H](NC1CCCC1)C(=O)O)Nc1cccc(Cl)c1. The molecule has 1 aromatic carbocycles. The highest BCUT2D eigenvalue weighted by Crippen LogP contribution is 2.19. The van der Waals surface area contributed by atoms with Crippen molar-refractivity contribution in [3.05, 3.63) is 29.3 Å². The van der Waals surface area contributed by atoms with Crippen molar-refractivity contribution in [2.24, 2.45) is 0 Å². The largest absolute Gasteiger partial charge is 0.480 e. The predicted molar refractivity (Wildman–Crippen MR) is 81.5 cm³/mol. The molecule has 0 radical (unpaired) electrons. The van der Waals surface area contributed by atoms with E-state index in [1.165, 1.54) is 0 Å². The van der Waals surface area contributed by atoms with Gasteiger partial charge in [0.2, 0.25) is 5.91 Å². The van der Waals surface area contributed by atoms with E-state index < -0.39 is 12.0 Å². The molecular formula is C15H19ClN2O3. The fourth-order valence-electron chi connectivity index (χ4n) is 2.56. The Morgan fingerprint density at radius 1 is 1.33 bits per heavy atom. The summed E-state index contributed by atoms with van der Waals surface area (Å²) in [6.07, 6.45) is 4.06. The van der Waals surface area contributed by atoms with Crippen molar-refractivity contribution < 1.29 is 14.7 Å². The van der Waals surface area contributed by atoms with Gasteiger partial charge in [-0.25, -0.2) is 0 Å². The minimum atomic E-state index is -0.997. The fourth-order valence-corrected chi connectivity index (χ4v) is 2.75. The van der Waals surface area contributed by atoms with Gasteiger partial charge in [0, 0.05) is 16.8 Å². The van der Waals surface area contributed by atoms with Crippen molar-refractivity contribution in [3.8, 4) is 0 Å². The highest BCUT2D eigenvalue weighted by molar-refractivity contribution is 6.30. The van der Waals surface area contributed by atoms with Crippen molar-refractivity contribution in [1.82, 2.24) is 5.32 Å². The van der Waals surface area contributed by atoms with E-state index in [4.69, 9.17) is 11.6 Å². The van der Waals surface area contributed by atoms with Gasteiger partial charge in [0.15, 0.2) is 0 Å². The van der Waals surface area contributed by atoms with Crippen LogP contribution in [0.25, 0.3) is 0 Å². The number of carboxylic acid groups (broad SMARTS) is 1. The number of hydrogen-bond acceptors (Lipinski definition) is 3. The lowest BCUT2D eigenvalue weighted by atomic mass is 10.1. The molecule has 1 atom stereocenters. The molecule has 0 heterocycles. The van der Waals surface area contributed by atoms with Crippen molar-refractivity contribution in [2.45, 2.75) is 44.2 Å². The van der Waals surface area contributed by atoms with Crippen LogP contribution in [-0.2, 0) is 9.59 Å². The van der Waals surface area contributed by atoms with Gasteiger partial charge in [-0.15, -0.1) is 0 Å². The molecule has 1 fully saturated rings. The predicted octanol–water partition coefficient (Wildman–Crippen LogP) is 2.65. The third-order valence-electron chi connectivity index (χ3n) is 3.59. The zero-order chi connectivity index (χ0) is 15.2. The summed E-state index contributed by atoms with van der Waals surface area (Å²) in [6, 6.07) is 6.11. The van der Waals surface area contributed by atoms with Crippen LogP contribution in [0, 0.1) is 0 Å². The Bertz CT molecular complexity index is 515. The Labute approximate surface area is 128 Å². The molecule has 1 aliphatic rings. The molecule has 1 aromatic rings. The highest BCUT2D eigenvalue weighted by atomic mass is 35.5. The van der Waals surface area contributed by atoms with Crippen molar-refractivity contribution in [3.63, 3.8) is 0 Å². The summed E-state index contributed by atoms with van der Waals surface area (Å²) in [4.78, 5) is 23.2. The number of anilines is 1. The molecule has 3 N–H and O–H groups in total. The van der Waals surface area contributed by atoms with Crippen LogP contribution in [0.15, 0.2) is 24.3 Å². The van der Waals surface area contributed by atoms with Gasteiger partial charge in [0.05, 0.1) is 6.42 Å². The van der Waals surface area contributed by atoms with Crippen LogP contribution in [0.2, 0.25) is 5.02 Å². The molecule has 1 saturated carbocycles. The van der Waals surface area contributed by atoms with Crippen molar-refractivity contribution >= 4 is 29.2 Å². The molecule has 1 amide bonds. The van der Waals surface area contributed by atoms with Crippen LogP contribution >= 0.6 is 11.6 Å². The molecule has 6 heteroatoms. The molecule has 0 aromatic heterocycles. The summed E-state index contributed by atoms with van der Waals surface area (Å²) in [5, 5.41) is 15.5. The van der Waals surface area contributed by atoms with Gasteiger partial charge in [0.25, 0.3) is 0 Å². The van der Waals surface area contributed by atoms with E-state index in [1.807, 2.05) is 0 Å². The molecule has 0 spiro atoms.